The summed E-state index contributed by atoms with van der Waals surface area (Å²) in [5.41, 5.74) is 1.94. The quantitative estimate of drug-likeness (QED) is 0.693. The molecule has 0 bridgehead atoms. The molecule has 8 heteroatoms. The van der Waals surface area contributed by atoms with E-state index < -0.39 is 5.97 Å². The van der Waals surface area contributed by atoms with Crippen molar-refractivity contribution in [2.75, 3.05) is 40.9 Å². The van der Waals surface area contributed by atoms with Crippen LogP contribution >= 0.6 is 12.4 Å². The number of aromatic nitrogens is 1. The molecule has 2 aromatic rings. The van der Waals surface area contributed by atoms with E-state index in [0.29, 0.717) is 30.5 Å². The Bertz CT molecular complexity index is 921. The van der Waals surface area contributed by atoms with Crippen LogP contribution in [0.2, 0.25) is 0 Å². The molecule has 2 aliphatic rings. The van der Waals surface area contributed by atoms with Gasteiger partial charge < -0.3 is 14.4 Å². The highest BCUT2D eigenvalue weighted by Crippen LogP contribution is 2.44. The summed E-state index contributed by atoms with van der Waals surface area (Å²) in [6.45, 7) is 2.35. The van der Waals surface area contributed by atoms with Crippen molar-refractivity contribution in [1.29, 1.82) is 0 Å². The fourth-order valence-corrected chi connectivity index (χ4v) is 4.70. The van der Waals surface area contributed by atoms with Gasteiger partial charge in [0.25, 0.3) is 5.91 Å². The summed E-state index contributed by atoms with van der Waals surface area (Å²) in [5.74, 6) is 1.05. The number of methoxy groups -OCH3 is 2. The molecule has 0 radical (unpaired) electrons. The van der Waals surface area contributed by atoms with Gasteiger partial charge in [-0.15, -0.1) is 12.4 Å². The van der Waals surface area contributed by atoms with Gasteiger partial charge in [-0.05, 0) is 36.7 Å². The molecule has 1 aromatic carbocycles. The van der Waals surface area contributed by atoms with Crippen LogP contribution in [0.1, 0.15) is 32.3 Å². The number of halogens is 1. The maximum Gasteiger partial charge on any atom is 0.339 e. The van der Waals surface area contributed by atoms with E-state index in [1.807, 2.05) is 17.0 Å². The van der Waals surface area contributed by atoms with Crippen LogP contribution in [0.5, 0.6) is 5.75 Å². The van der Waals surface area contributed by atoms with Gasteiger partial charge in [-0.3, -0.25) is 14.7 Å². The van der Waals surface area contributed by atoms with Gasteiger partial charge in [-0.2, -0.15) is 0 Å². The number of hydrogen-bond acceptors (Lipinski definition) is 6. The molecule has 2 aliphatic heterocycles. The second-order valence-electron chi connectivity index (χ2n) is 7.75. The first-order valence-electron chi connectivity index (χ1n) is 9.68. The van der Waals surface area contributed by atoms with Crippen LogP contribution in [0, 0.1) is 11.8 Å². The molecule has 7 nitrogen and oxygen atoms in total. The third kappa shape index (κ3) is 4.00. The number of hydrogen-bond donors (Lipinski definition) is 0. The molecule has 4 rings (SSSR count). The molecule has 0 saturated carbocycles. The summed E-state index contributed by atoms with van der Waals surface area (Å²) in [6.07, 6.45) is 2.92. The lowest BCUT2D eigenvalue weighted by molar-refractivity contribution is 0.0600. The molecule has 160 valence electrons. The molecule has 30 heavy (non-hydrogen) atoms. The van der Waals surface area contributed by atoms with Crippen molar-refractivity contribution >= 4 is 24.3 Å². The maximum absolute atomic E-state index is 13.1. The van der Waals surface area contributed by atoms with Gasteiger partial charge in [0.15, 0.2) is 0 Å². The van der Waals surface area contributed by atoms with E-state index in [9.17, 15) is 9.59 Å². The Morgan fingerprint density at radius 1 is 1.03 bits per heavy atom. The minimum Gasteiger partial charge on any atom is -0.497 e. The third-order valence-corrected chi connectivity index (χ3v) is 6.05. The van der Waals surface area contributed by atoms with E-state index in [1.165, 1.54) is 25.1 Å². The van der Waals surface area contributed by atoms with Crippen LogP contribution in [0.15, 0.2) is 42.7 Å². The molecule has 0 unspecified atom stereocenters. The Kier molecular flexibility index (Phi) is 6.63. The number of amides is 1. The molecule has 0 spiro atoms. The van der Waals surface area contributed by atoms with Gasteiger partial charge in [0.05, 0.1) is 25.3 Å². The first-order chi connectivity index (χ1) is 14.0. The number of esters is 1. The number of pyridine rings is 1. The molecule has 3 heterocycles. The van der Waals surface area contributed by atoms with Crippen LogP contribution in [-0.2, 0) is 4.74 Å². The first-order valence-corrected chi connectivity index (χ1v) is 9.68. The SMILES string of the molecule is COC(=O)c1cncc(C(=O)N2C[C@@H]3CN(C)[C@@H](c4ccc(OC)cc4)[C@@H]3C2)c1.Cl. The minimum absolute atomic E-state index is 0. The second-order valence-corrected chi connectivity index (χ2v) is 7.75. The number of likely N-dealkylation sites (tertiary alicyclic amines) is 2. The normalized spacial score (nSPS) is 22.9. The number of benzene rings is 1. The molecular formula is C22H26ClN3O4. The monoisotopic (exact) mass is 431 g/mol. The fourth-order valence-electron chi connectivity index (χ4n) is 4.70. The van der Waals surface area contributed by atoms with Gasteiger partial charge in [-0.25, -0.2) is 4.79 Å². The smallest absolute Gasteiger partial charge is 0.339 e. The standard InChI is InChI=1S/C22H25N3O4.ClH/c1-24-11-17-12-25(21(26)15-8-16(10-23-9-15)22(27)29-3)13-19(17)20(24)14-4-6-18(28-2)7-5-14;/h4-10,17,19-20H,11-13H2,1-3H3;1H/t17-,19+,20-;/m0./s1. The van der Waals surface area contributed by atoms with Gasteiger partial charge in [0, 0.05) is 44.0 Å². The summed E-state index contributed by atoms with van der Waals surface area (Å²) in [5, 5.41) is 0. The van der Waals surface area contributed by atoms with Crippen molar-refractivity contribution in [3.05, 3.63) is 59.4 Å². The van der Waals surface area contributed by atoms with Crippen molar-refractivity contribution < 1.29 is 19.1 Å². The molecule has 3 atom stereocenters. The minimum atomic E-state index is -0.494. The summed E-state index contributed by atoms with van der Waals surface area (Å²) < 4.78 is 10.0. The molecule has 0 N–H and O–H groups in total. The van der Waals surface area contributed by atoms with Gasteiger partial charge in [-0.1, -0.05) is 12.1 Å². The Balaban J connectivity index is 0.00000256. The number of rotatable bonds is 4. The number of carbonyl (C=O) groups is 2. The average molecular weight is 432 g/mol. The molecular weight excluding hydrogens is 406 g/mol. The van der Waals surface area contributed by atoms with Crippen molar-refractivity contribution in [1.82, 2.24) is 14.8 Å². The number of fused-ring (bicyclic) bond motifs is 1. The van der Waals surface area contributed by atoms with Crippen molar-refractivity contribution in [2.24, 2.45) is 11.8 Å². The zero-order valence-electron chi connectivity index (χ0n) is 17.3. The molecule has 2 fully saturated rings. The zero-order valence-corrected chi connectivity index (χ0v) is 18.1. The number of carbonyl (C=O) groups excluding carboxylic acids is 2. The Labute approximate surface area is 182 Å². The maximum atomic E-state index is 13.1. The first kappa shape index (κ1) is 22.1. The van der Waals surface area contributed by atoms with Gasteiger partial charge in [0.2, 0.25) is 0 Å². The topological polar surface area (TPSA) is 72.0 Å². The highest BCUT2D eigenvalue weighted by Gasteiger charge is 2.47. The van der Waals surface area contributed by atoms with Gasteiger partial charge >= 0.3 is 5.97 Å². The lowest BCUT2D eigenvalue weighted by Crippen LogP contribution is -2.33. The van der Waals surface area contributed by atoms with Crippen LogP contribution in [-0.4, -0.2) is 67.6 Å². The van der Waals surface area contributed by atoms with Crippen LogP contribution < -0.4 is 4.74 Å². The van der Waals surface area contributed by atoms with Crippen molar-refractivity contribution in [3.8, 4) is 5.75 Å². The van der Waals surface area contributed by atoms with Crippen LogP contribution in [0.4, 0.5) is 0 Å². The largest absolute Gasteiger partial charge is 0.497 e. The number of nitrogens with zero attached hydrogens (tertiary/aromatic N) is 3. The van der Waals surface area contributed by atoms with E-state index in [1.54, 1.807) is 13.2 Å². The molecule has 0 aliphatic carbocycles. The lowest BCUT2D eigenvalue weighted by Gasteiger charge is -2.27. The van der Waals surface area contributed by atoms with E-state index >= 15 is 0 Å². The average Bonchev–Trinajstić information content (AvgIpc) is 3.29. The summed E-state index contributed by atoms with van der Waals surface area (Å²) in [4.78, 5) is 33.1. The predicted octanol–water partition coefficient (Wildman–Crippen LogP) is 2.67. The second kappa shape index (κ2) is 9.02. The number of ether oxygens (including phenoxy) is 2. The summed E-state index contributed by atoms with van der Waals surface area (Å²) >= 11 is 0. The highest BCUT2D eigenvalue weighted by molar-refractivity contribution is 5.97. The van der Waals surface area contributed by atoms with E-state index in [2.05, 4.69) is 29.1 Å². The Hall–Kier alpha value is -2.64. The van der Waals surface area contributed by atoms with E-state index in [4.69, 9.17) is 9.47 Å². The van der Waals surface area contributed by atoms with Gasteiger partial charge in [0.1, 0.15) is 5.75 Å². The molecule has 1 amide bonds. The molecule has 1 aromatic heterocycles. The molecule has 2 saturated heterocycles. The fraction of sp³-hybridized carbons (Fsp3) is 0.409. The van der Waals surface area contributed by atoms with Crippen LogP contribution in [0.25, 0.3) is 0 Å². The van der Waals surface area contributed by atoms with Crippen LogP contribution in [0.3, 0.4) is 0 Å². The summed E-state index contributed by atoms with van der Waals surface area (Å²) in [7, 11) is 5.12. The van der Waals surface area contributed by atoms with E-state index in [-0.39, 0.29) is 29.9 Å². The van der Waals surface area contributed by atoms with Crippen molar-refractivity contribution in [2.45, 2.75) is 6.04 Å². The zero-order chi connectivity index (χ0) is 20.5. The highest BCUT2D eigenvalue weighted by atomic mass is 35.5. The van der Waals surface area contributed by atoms with E-state index in [0.717, 1.165) is 12.3 Å². The Morgan fingerprint density at radius 2 is 1.73 bits per heavy atom. The predicted molar refractivity (Wildman–Crippen MR) is 114 cm³/mol. The van der Waals surface area contributed by atoms with Crippen molar-refractivity contribution in [3.63, 3.8) is 0 Å². The lowest BCUT2D eigenvalue weighted by atomic mass is 9.89. The third-order valence-electron chi connectivity index (χ3n) is 6.05. The summed E-state index contributed by atoms with van der Waals surface area (Å²) in [6, 6.07) is 10.0. The Morgan fingerprint density at radius 3 is 2.40 bits per heavy atom.